The van der Waals surface area contributed by atoms with Crippen LogP contribution in [-0.2, 0) is 9.53 Å². The lowest BCUT2D eigenvalue weighted by Crippen LogP contribution is -2.50. The van der Waals surface area contributed by atoms with E-state index in [1.54, 1.807) is 0 Å². The van der Waals surface area contributed by atoms with Crippen LogP contribution in [0.2, 0.25) is 0 Å². The molecule has 0 aliphatic carbocycles. The van der Waals surface area contributed by atoms with Crippen LogP contribution in [0.4, 0.5) is 0 Å². The van der Waals surface area contributed by atoms with E-state index >= 15 is 0 Å². The topological polar surface area (TPSA) is 53.6 Å². The van der Waals surface area contributed by atoms with Gasteiger partial charge in [-0.25, -0.2) is 0 Å². The molecule has 0 spiro atoms. The van der Waals surface area contributed by atoms with Crippen LogP contribution in [0.5, 0.6) is 0 Å². The Kier molecular flexibility index (Phi) is 5.88. The maximum absolute atomic E-state index is 11.4. The molecule has 0 bridgehead atoms. The van der Waals surface area contributed by atoms with Crippen LogP contribution in [0.1, 0.15) is 20.3 Å². The number of carbonyl (C=O) groups excluding carboxylic acids is 1. The van der Waals surface area contributed by atoms with Gasteiger partial charge in [-0.2, -0.15) is 0 Å². The van der Waals surface area contributed by atoms with Crippen molar-refractivity contribution in [3.8, 4) is 0 Å². The predicted molar refractivity (Wildman–Crippen MR) is 68.0 cm³/mol. The molecule has 1 amide bonds. The molecule has 1 aliphatic heterocycles. The zero-order valence-electron chi connectivity index (χ0n) is 11.2. The summed E-state index contributed by atoms with van der Waals surface area (Å²) in [6.45, 7) is 9.22. The second-order valence-electron chi connectivity index (χ2n) is 5.09. The monoisotopic (exact) mass is 243 g/mol. The lowest BCUT2D eigenvalue weighted by atomic mass is 10.1. The van der Waals surface area contributed by atoms with Gasteiger partial charge in [0.2, 0.25) is 5.91 Å². The Bertz CT molecular complexity index is 244. The summed E-state index contributed by atoms with van der Waals surface area (Å²) in [6, 6.07) is 0. The van der Waals surface area contributed by atoms with Gasteiger partial charge in [0, 0.05) is 39.1 Å². The minimum Gasteiger partial charge on any atom is -0.373 e. The maximum Gasteiger partial charge on any atom is 0.221 e. The first-order valence-corrected chi connectivity index (χ1v) is 6.31. The molecule has 1 rings (SSSR count). The quantitative estimate of drug-likeness (QED) is 0.680. The van der Waals surface area contributed by atoms with Crippen molar-refractivity contribution in [1.29, 1.82) is 0 Å². The van der Waals surface area contributed by atoms with Crippen LogP contribution in [0, 0.1) is 0 Å². The van der Waals surface area contributed by atoms with E-state index in [4.69, 9.17) is 4.74 Å². The van der Waals surface area contributed by atoms with Crippen LogP contribution < -0.4 is 10.6 Å². The van der Waals surface area contributed by atoms with Gasteiger partial charge in [0.15, 0.2) is 0 Å². The minimum absolute atomic E-state index is 0.0611. The summed E-state index contributed by atoms with van der Waals surface area (Å²) in [7, 11) is 1.85. The molecule has 0 aromatic rings. The van der Waals surface area contributed by atoms with Gasteiger partial charge < -0.3 is 15.4 Å². The molecule has 0 radical (unpaired) electrons. The number of hydrogen-bond acceptors (Lipinski definition) is 4. The Hall–Kier alpha value is -0.650. The first-order chi connectivity index (χ1) is 8.03. The third kappa shape index (κ3) is 6.00. The highest BCUT2D eigenvalue weighted by Crippen LogP contribution is 2.15. The molecule has 0 aromatic heterocycles. The van der Waals surface area contributed by atoms with Crippen LogP contribution in [-0.4, -0.2) is 62.8 Å². The highest BCUT2D eigenvalue weighted by molar-refractivity contribution is 5.76. The fourth-order valence-electron chi connectivity index (χ4n) is 1.99. The molecule has 1 heterocycles. The number of carbonyl (C=O) groups is 1. The van der Waals surface area contributed by atoms with E-state index in [0.717, 1.165) is 39.3 Å². The van der Waals surface area contributed by atoms with E-state index in [9.17, 15) is 4.79 Å². The molecule has 1 fully saturated rings. The number of rotatable bonds is 6. The number of hydrogen-bond donors (Lipinski definition) is 2. The van der Waals surface area contributed by atoms with Crippen molar-refractivity contribution >= 4 is 5.91 Å². The average Bonchev–Trinajstić information content (AvgIpc) is 2.25. The van der Waals surface area contributed by atoms with Crippen molar-refractivity contribution in [2.75, 3.05) is 46.4 Å². The van der Waals surface area contributed by atoms with Gasteiger partial charge in [0.05, 0.1) is 12.2 Å². The van der Waals surface area contributed by atoms with Gasteiger partial charge in [-0.05, 0) is 20.9 Å². The molecule has 0 atom stereocenters. The lowest BCUT2D eigenvalue weighted by molar-refractivity contribution is -0.121. The Morgan fingerprint density at radius 1 is 1.41 bits per heavy atom. The molecule has 1 aliphatic rings. The van der Waals surface area contributed by atoms with Crippen molar-refractivity contribution in [3.05, 3.63) is 0 Å². The fraction of sp³-hybridized carbons (Fsp3) is 0.917. The summed E-state index contributed by atoms with van der Waals surface area (Å²) in [5.74, 6) is 0.117. The Morgan fingerprint density at radius 3 is 2.82 bits per heavy atom. The number of ether oxygens (including phenoxy) is 1. The molecule has 5 heteroatoms. The van der Waals surface area contributed by atoms with Gasteiger partial charge in [0.25, 0.3) is 0 Å². The first-order valence-electron chi connectivity index (χ1n) is 6.31. The molecule has 0 aromatic carbocycles. The summed E-state index contributed by atoms with van der Waals surface area (Å²) in [4.78, 5) is 13.7. The summed E-state index contributed by atoms with van der Waals surface area (Å²) in [5, 5.41) is 5.89. The van der Waals surface area contributed by atoms with E-state index < -0.39 is 0 Å². The van der Waals surface area contributed by atoms with Crippen LogP contribution in [0.25, 0.3) is 0 Å². The summed E-state index contributed by atoms with van der Waals surface area (Å²) in [5.41, 5.74) is -0.0611. The smallest absolute Gasteiger partial charge is 0.221 e. The molecule has 2 N–H and O–H groups in total. The molecule has 0 saturated carbocycles. The fourth-order valence-corrected chi connectivity index (χ4v) is 1.99. The molecular weight excluding hydrogens is 218 g/mol. The van der Waals surface area contributed by atoms with Gasteiger partial charge in [0.1, 0.15) is 0 Å². The van der Waals surface area contributed by atoms with Gasteiger partial charge in [-0.15, -0.1) is 0 Å². The van der Waals surface area contributed by atoms with E-state index in [1.165, 1.54) is 0 Å². The van der Waals surface area contributed by atoms with Crippen molar-refractivity contribution in [1.82, 2.24) is 15.5 Å². The average molecular weight is 243 g/mol. The molecule has 1 saturated heterocycles. The van der Waals surface area contributed by atoms with E-state index in [-0.39, 0.29) is 11.5 Å². The summed E-state index contributed by atoms with van der Waals surface area (Å²) >= 11 is 0. The summed E-state index contributed by atoms with van der Waals surface area (Å²) < 4.78 is 5.64. The Labute approximate surface area is 104 Å². The third-order valence-corrected chi connectivity index (χ3v) is 2.86. The first kappa shape index (κ1) is 14.4. The molecular formula is C12H25N3O2. The molecule has 100 valence electrons. The Balaban J connectivity index is 2.12. The van der Waals surface area contributed by atoms with E-state index in [0.29, 0.717) is 6.42 Å². The zero-order valence-corrected chi connectivity index (χ0v) is 11.2. The van der Waals surface area contributed by atoms with Crippen LogP contribution in [0.3, 0.4) is 0 Å². The standard InChI is InChI=1S/C12H25N3O2/c1-12(2)10-15(8-9-17-12)7-6-14-11(16)4-5-13-3/h13H,4-10H2,1-3H3,(H,14,16). The van der Waals surface area contributed by atoms with Crippen molar-refractivity contribution in [3.63, 3.8) is 0 Å². The third-order valence-electron chi connectivity index (χ3n) is 2.86. The number of morpholine rings is 1. The zero-order chi connectivity index (χ0) is 12.7. The summed E-state index contributed by atoms with van der Waals surface area (Å²) in [6.07, 6.45) is 0.547. The second-order valence-corrected chi connectivity index (χ2v) is 5.09. The SMILES string of the molecule is CNCCC(=O)NCCN1CCOC(C)(C)C1. The lowest BCUT2D eigenvalue weighted by Gasteiger charge is -2.38. The maximum atomic E-state index is 11.4. The highest BCUT2D eigenvalue weighted by atomic mass is 16.5. The normalized spacial score (nSPS) is 20.2. The number of nitrogens with one attached hydrogen (secondary N) is 2. The van der Waals surface area contributed by atoms with Gasteiger partial charge >= 0.3 is 0 Å². The Morgan fingerprint density at radius 2 is 2.18 bits per heavy atom. The van der Waals surface area contributed by atoms with Gasteiger partial charge in [-0.3, -0.25) is 9.69 Å². The molecule has 5 nitrogen and oxygen atoms in total. The van der Waals surface area contributed by atoms with E-state index in [2.05, 4.69) is 29.4 Å². The van der Waals surface area contributed by atoms with Crippen LogP contribution >= 0.6 is 0 Å². The van der Waals surface area contributed by atoms with Crippen molar-refractivity contribution in [2.45, 2.75) is 25.9 Å². The highest BCUT2D eigenvalue weighted by Gasteiger charge is 2.26. The van der Waals surface area contributed by atoms with Crippen molar-refractivity contribution < 1.29 is 9.53 Å². The largest absolute Gasteiger partial charge is 0.373 e. The van der Waals surface area contributed by atoms with Crippen LogP contribution in [0.15, 0.2) is 0 Å². The van der Waals surface area contributed by atoms with E-state index in [1.807, 2.05) is 7.05 Å². The van der Waals surface area contributed by atoms with Crippen molar-refractivity contribution in [2.24, 2.45) is 0 Å². The number of nitrogens with zero attached hydrogens (tertiary/aromatic N) is 1. The molecule has 17 heavy (non-hydrogen) atoms. The second kappa shape index (κ2) is 6.93. The minimum atomic E-state index is -0.0611. The molecule has 0 unspecified atom stereocenters. The predicted octanol–water partition coefficient (Wildman–Crippen LogP) is -0.177. The van der Waals surface area contributed by atoms with Gasteiger partial charge in [-0.1, -0.05) is 0 Å². The number of amides is 1.